The van der Waals surface area contributed by atoms with Crippen molar-refractivity contribution < 1.29 is 18.7 Å². The van der Waals surface area contributed by atoms with Gasteiger partial charge in [0.15, 0.2) is 11.5 Å². The van der Waals surface area contributed by atoms with Crippen molar-refractivity contribution in [3.05, 3.63) is 54.3 Å². The van der Waals surface area contributed by atoms with Gasteiger partial charge in [0, 0.05) is 12.2 Å². The largest absolute Gasteiger partial charge is 0.486 e. The number of carbonyl (C=O) groups excluding carboxylic acids is 1. The lowest BCUT2D eigenvalue weighted by Crippen LogP contribution is -2.42. The molecule has 0 radical (unpaired) electrons. The van der Waals surface area contributed by atoms with Crippen LogP contribution in [0.3, 0.4) is 0 Å². The average molecular weight is 330 g/mol. The van der Waals surface area contributed by atoms with E-state index in [2.05, 4.69) is 5.32 Å². The fraction of sp³-hybridized carbons (Fsp3) is 0.278. The molecule has 1 aliphatic heterocycles. The number of para-hydroxylation sites is 2. The molecule has 2 aromatic carbocycles. The van der Waals surface area contributed by atoms with Crippen molar-refractivity contribution in [3.8, 4) is 11.5 Å². The second-order valence-corrected chi connectivity index (χ2v) is 5.75. The third-order valence-electron chi connectivity index (χ3n) is 3.60. The van der Waals surface area contributed by atoms with Gasteiger partial charge in [-0.05, 0) is 37.4 Å². The van der Waals surface area contributed by atoms with Crippen LogP contribution in [0.1, 0.15) is 0 Å². The van der Waals surface area contributed by atoms with Gasteiger partial charge in [0.1, 0.15) is 18.5 Å². The van der Waals surface area contributed by atoms with Crippen LogP contribution in [0.5, 0.6) is 11.5 Å². The minimum Gasteiger partial charge on any atom is -0.486 e. The highest BCUT2D eigenvalue weighted by Gasteiger charge is 2.22. The third-order valence-corrected chi connectivity index (χ3v) is 3.60. The third kappa shape index (κ3) is 4.23. The van der Waals surface area contributed by atoms with Crippen molar-refractivity contribution in [2.24, 2.45) is 0 Å². The summed E-state index contributed by atoms with van der Waals surface area (Å²) in [5, 5.41) is 2.67. The molecule has 0 unspecified atom stereocenters. The summed E-state index contributed by atoms with van der Waals surface area (Å²) in [6, 6.07) is 13.3. The van der Waals surface area contributed by atoms with Crippen LogP contribution in [0, 0.1) is 5.82 Å². The number of likely N-dealkylation sites (N-methyl/N-ethyl adjacent to an activating group) is 1. The molecule has 24 heavy (non-hydrogen) atoms. The molecule has 0 bridgehead atoms. The summed E-state index contributed by atoms with van der Waals surface area (Å²) in [6.45, 7) is 1.16. The Morgan fingerprint density at radius 1 is 1.25 bits per heavy atom. The predicted molar refractivity (Wildman–Crippen MR) is 88.9 cm³/mol. The Labute approximate surface area is 140 Å². The highest BCUT2D eigenvalue weighted by Crippen LogP contribution is 2.30. The molecule has 0 fully saturated rings. The molecule has 6 heteroatoms. The molecule has 126 valence electrons. The molecule has 1 aliphatic rings. The first-order valence-corrected chi connectivity index (χ1v) is 7.72. The van der Waals surface area contributed by atoms with E-state index >= 15 is 0 Å². The van der Waals surface area contributed by atoms with Crippen LogP contribution in [0.2, 0.25) is 0 Å². The number of ether oxygens (including phenoxy) is 2. The van der Waals surface area contributed by atoms with Gasteiger partial charge in [0.2, 0.25) is 5.91 Å². The molecule has 5 nitrogen and oxygen atoms in total. The van der Waals surface area contributed by atoms with Crippen LogP contribution >= 0.6 is 0 Å². The molecule has 1 atom stereocenters. The summed E-state index contributed by atoms with van der Waals surface area (Å²) in [7, 11) is 1.83. The van der Waals surface area contributed by atoms with Crippen molar-refractivity contribution in [1.29, 1.82) is 0 Å². The number of hydrogen-bond acceptors (Lipinski definition) is 4. The van der Waals surface area contributed by atoms with E-state index in [1.165, 1.54) is 12.1 Å². The van der Waals surface area contributed by atoms with E-state index in [9.17, 15) is 9.18 Å². The second kappa shape index (κ2) is 7.31. The van der Waals surface area contributed by atoms with Crippen molar-refractivity contribution in [2.75, 3.05) is 32.1 Å². The molecule has 2 aromatic rings. The number of benzene rings is 2. The zero-order valence-electron chi connectivity index (χ0n) is 13.4. The molecule has 0 saturated heterocycles. The van der Waals surface area contributed by atoms with Crippen LogP contribution in [0.25, 0.3) is 0 Å². The van der Waals surface area contributed by atoms with Crippen LogP contribution in [-0.4, -0.2) is 43.7 Å². The zero-order valence-corrected chi connectivity index (χ0v) is 13.4. The maximum Gasteiger partial charge on any atom is 0.238 e. The summed E-state index contributed by atoms with van der Waals surface area (Å²) < 4.78 is 24.6. The molecule has 1 amide bonds. The number of halogens is 1. The van der Waals surface area contributed by atoms with Crippen LogP contribution in [-0.2, 0) is 4.79 Å². The SMILES string of the molecule is CN(CC(=O)Nc1cccc(F)c1)C[C@@H]1COc2ccccc2O1. The first-order valence-electron chi connectivity index (χ1n) is 7.72. The standard InChI is InChI=1S/C18H19FN2O3/c1-21(11-18(22)20-14-6-4-5-13(19)9-14)10-15-12-23-16-7-2-3-8-17(16)24-15/h2-9,15H,10-12H2,1H3,(H,20,22)/t15-/m1/s1. The van der Waals surface area contributed by atoms with Gasteiger partial charge in [-0.1, -0.05) is 18.2 Å². The fourth-order valence-corrected chi connectivity index (χ4v) is 2.58. The van der Waals surface area contributed by atoms with Gasteiger partial charge in [-0.15, -0.1) is 0 Å². The Morgan fingerprint density at radius 2 is 2.04 bits per heavy atom. The molecule has 0 spiro atoms. The lowest BCUT2D eigenvalue weighted by atomic mass is 10.2. The van der Waals surface area contributed by atoms with Gasteiger partial charge in [-0.2, -0.15) is 0 Å². The maximum absolute atomic E-state index is 13.1. The van der Waals surface area contributed by atoms with E-state index in [0.29, 0.717) is 24.6 Å². The Balaban J connectivity index is 1.49. The van der Waals surface area contributed by atoms with Gasteiger partial charge in [-0.3, -0.25) is 9.69 Å². The number of carbonyl (C=O) groups is 1. The predicted octanol–water partition coefficient (Wildman–Crippen LogP) is 2.54. The minimum atomic E-state index is -0.382. The summed E-state index contributed by atoms with van der Waals surface area (Å²) in [5.74, 6) is 0.861. The Kier molecular flexibility index (Phi) is 4.96. The van der Waals surface area contributed by atoms with Crippen molar-refractivity contribution >= 4 is 11.6 Å². The lowest BCUT2D eigenvalue weighted by Gasteiger charge is -2.29. The van der Waals surface area contributed by atoms with Crippen molar-refractivity contribution in [1.82, 2.24) is 4.90 Å². The topological polar surface area (TPSA) is 50.8 Å². The first kappa shape index (κ1) is 16.3. The highest BCUT2D eigenvalue weighted by atomic mass is 19.1. The molecule has 0 aliphatic carbocycles. The smallest absolute Gasteiger partial charge is 0.238 e. The van der Waals surface area contributed by atoms with E-state index in [1.54, 1.807) is 12.1 Å². The van der Waals surface area contributed by atoms with E-state index in [4.69, 9.17) is 9.47 Å². The Morgan fingerprint density at radius 3 is 2.83 bits per heavy atom. The second-order valence-electron chi connectivity index (χ2n) is 5.75. The molecule has 3 rings (SSSR count). The van der Waals surface area contributed by atoms with Gasteiger partial charge >= 0.3 is 0 Å². The van der Waals surface area contributed by atoms with Gasteiger partial charge in [-0.25, -0.2) is 4.39 Å². The summed E-state index contributed by atoms with van der Waals surface area (Å²) in [4.78, 5) is 13.9. The quantitative estimate of drug-likeness (QED) is 0.915. The van der Waals surface area contributed by atoms with Crippen LogP contribution < -0.4 is 14.8 Å². The van der Waals surface area contributed by atoms with Gasteiger partial charge in [0.05, 0.1) is 6.54 Å². The number of anilines is 1. The summed E-state index contributed by atoms with van der Waals surface area (Å²) in [5.41, 5.74) is 0.444. The van der Waals surface area contributed by atoms with E-state index in [1.807, 2.05) is 36.2 Å². The van der Waals surface area contributed by atoms with Crippen LogP contribution in [0.15, 0.2) is 48.5 Å². The normalized spacial score (nSPS) is 16.0. The molecule has 1 N–H and O–H groups in total. The zero-order chi connectivity index (χ0) is 16.9. The summed E-state index contributed by atoms with van der Waals surface area (Å²) >= 11 is 0. The number of amides is 1. The average Bonchev–Trinajstić information content (AvgIpc) is 2.54. The van der Waals surface area contributed by atoms with Crippen molar-refractivity contribution in [2.45, 2.75) is 6.10 Å². The van der Waals surface area contributed by atoms with E-state index in [-0.39, 0.29) is 24.4 Å². The number of hydrogen-bond donors (Lipinski definition) is 1. The number of rotatable bonds is 5. The van der Waals surface area contributed by atoms with Crippen LogP contribution in [0.4, 0.5) is 10.1 Å². The van der Waals surface area contributed by atoms with Gasteiger partial charge in [0.25, 0.3) is 0 Å². The molecule has 0 aromatic heterocycles. The van der Waals surface area contributed by atoms with Crippen molar-refractivity contribution in [3.63, 3.8) is 0 Å². The molecule has 1 heterocycles. The van der Waals surface area contributed by atoms with E-state index < -0.39 is 0 Å². The number of nitrogens with one attached hydrogen (secondary N) is 1. The fourth-order valence-electron chi connectivity index (χ4n) is 2.58. The number of fused-ring (bicyclic) bond motifs is 1. The number of nitrogens with zero attached hydrogens (tertiary/aromatic N) is 1. The van der Waals surface area contributed by atoms with E-state index in [0.717, 1.165) is 5.75 Å². The Bertz CT molecular complexity index is 723. The molecule has 0 saturated carbocycles. The summed E-state index contributed by atoms with van der Waals surface area (Å²) in [6.07, 6.45) is -0.146. The van der Waals surface area contributed by atoms with Gasteiger partial charge < -0.3 is 14.8 Å². The highest BCUT2D eigenvalue weighted by molar-refractivity contribution is 5.92. The lowest BCUT2D eigenvalue weighted by molar-refractivity contribution is -0.117. The Hall–Kier alpha value is -2.60. The molecular weight excluding hydrogens is 311 g/mol. The minimum absolute atomic E-state index is 0.146. The maximum atomic E-state index is 13.1. The monoisotopic (exact) mass is 330 g/mol. The molecular formula is C18H19FN2O3. The first-order chi connectivity index (χ1) is 11.6.